The van der Waals surface area contributed by atoms with E-state index in [0.29, 0.717) is 34.4 Å². The van der Waals surface area contributed by atoms with Crippen molar-refractivity contribution < 1.29 is 19.0 Å². The quantitative estimate of drug-likeness (QED) is 0.150. The van der Waals surface area contributed by atoms with Crippen LogP contribution in [-0.2, 0) is 24.0 Å². The molecule has 0 aliphatic heterocycles. The average Bonchev–Trinajstić information content (AvgIpc) is 3.77. The summed E-state index contributed by atoms with van der Waals surface area (Å²) >= 11 is 0. The largest absolute Gasteiger partial charge is 0.380 e. The predicted molar refractivity (Wildman–Crippen MR) is 192 cm³/mol. The highest BCUT2D eigenvalue weighted by molar-refractivity contribution is 5.38. The summed E-state index contributed by atoms with van der Waals surface area (Å²) < 4.78 is 31.9. The van der Waals surface area contributed by atoms with Crippen molar-refractivity contribution in [3.05, 3.63) is 151 Å². The Hall–Kier alpha value is -5.60. The van der Waals surface area contributed by atoms with Crippen molar-refractivity contribution in [1.29, 1.82) is 0 Å². The Labute approximate surface area is 298 Å². The van der Waals surface area contributed by atoms with E-state index in [1.807, 2.05) is 26.0 Å². The molecule has 0 aliphatic rings. The van der Waals surface area contributed by atoms with E-state index in [2.05, 4.69) is 30.1 Å². The number of hydrogen-bond acceptors (Lipinski definition) is 8. The Bertz CT molecular complexity index is 2140. The number of halogens is 2. The molecule has 14 heteroatoms. The number of aryl methyl sites for hydroxylation is 4. The lowest BCUT2D eigenvalue weighted by atomic mass is 9.89. The van der Waals surface area contributed by atoms with Gasteiger partial charge in [0.15, 0.2) is 11.6 Å². The van der Waals surface area contributed by atoms with Crippen LogP contribution in [0.2, 0.25) is 0 Å². The van der Waals surface area contributed by atoms with Crippen molar-refractivity contribution in [3.63, 3.8) is 0 Å². The zero-order valence-electron chi connectivity index (χ0n) is 29.9. The third-order valence-electron chi connectivity index (χ3n) is 8.65. The van der Waals surface area contributed by atoms with Gasteiger partial charge in [0.25, 0.3) is 11.1 Å². The maximum absolute atomic E-state index is 14.5. The Morgan fingerprint density at radius 1 is 0.673 bits per heavy atom. The van der Waals surface area contributed by atoms with E-state index in [4.69, 9.17) is 0 Å². The summed E-state index contributed by atoms with van der Waals surface area (Å²) in [6.45, 7) is 10.4. The average molecular weight is 713 g/mol. The molecule has 0 unspecified atom stereocenters. The fraction of sp³-hybridized carbons (Fsp3) is 0.316. The summed E-state index contributed by atoms with van der Waals surface area (Å²) in [7, 11) is 0. The highest BCUT2D eigenvalue weighted by Crippen LogP contribution is 2.33. The van der Waals surface area contributed by atoms with Crippen molar-refractivity contribution in [1.82, 2.24) is 39.5 Å². The fourth-order valence-electron chi connectivity index (χ4n) is 5.87. The highest BCUT2D eigenvalue weighted by atomic mass is 19.1. The summed E-state index contributed by atoms with van der Waals surface area (Å²) in [4.78, 5) is 36.7. The first-order valence-corrected chi connectivity index (χ1v) is 16.9. The zero-order chi connectivity index (χ0) is 37.8. The van der Waals surface area contributed by atoms with E-state index < -0.39 is 22.8 Å². The second-order valence-corrected chi connectivity index (χ2v) is 13.0. The van der Waals surface area contributed by atoms with Gasteiger partial charge in [-0.15, -0.1) is 0 Å². The van der Waals surface area contributed by atoms with Crippen LogP contribution in [0.15, 0.2) is 82.9 Å². The second-order valence-electron chi connectivity index (χ2n) is 13.0. The van der Waals surface area contributed by atoms with E-state index in [1.54, 1.807) is 38.4 Å². The van der Waals surface area contributed by atoms with Crippen LogP contribution < -0.4 is 11.1 Å². The van der Waals surface area contributed by atoms with Gasteiger partial charge in [-0.2, -0.15) is 10.2 Å². The van der Waals surface area contributed by atoms with Gasteiger partial charge < -0.3 is 20.2 Å². The number of nitrogens with one attached hydrogen (secondary N) is 2. The van der Waals surface area contributed by atoms with Gasteiger partial charge in [0.05, 0.1) is 12.4 Å². The summed E-state index contributed by atoms with van der Waals surface area (Å²) in [5.41, 5.74) is -0.792. The molecular formula is C38H42F2N8O4. The molecule has 0 fully saturated rings. The molecular weight excluding hydrogens is 670 g/mol. The predicted octanol–water partition coefficient (Wildman–Crippen LogP) is 5.22. The third-order valence-corrected chi connectivity index (χ3v) is 8.65. The molecule has 0 aliphatic carbocycles. The maximum atomic E-state index is 14.5. The van der Waals surface area contributed by atoms with Gasteiger partial charge in [-0.1, -0.05) is 51.0 Å². The van der Waals surface area contributed by atoms with Crippen molar-refractivity contribution in [3.8, 4) is 11.6 Å². The lowest BCUT2D eigenvalue weighted by molar-refractivity contribution is 0.0974. The minimum absolute atomic E-state index is 0.173. The van der Waals surface area contributed by atoms with Gasteiger partial charge in [-0.25, -0.2) is 28.1 Å². The molecule has 2 aromatic carbocycles. The number of benzene rings is 2. The van der Waals surface area contributed by atoms with Gasteiger partial charge in [-0.05, 0) is 63.8 Å². The Morgan fingerprint density at radius 2 is 1.06 bits per heavy atom. The van der Waals surface area contributed by atoms with E-state index in [9.17, 15) is 28.6 Å². The van der Waals surface area contributed by atoms with Crippen LogP contribution in [0, 0.1) is 25.5 Å². The van der Waals surface area contributed by atoms with Crippen molar-refractivity contribution in [2.45, 2.75) is 78.4 Å². The fourth-order valence-corrected chi connectivity index (χ4v) is 5.87. The summed E-state index contributed by atoms with van der Waals surface area (Å²) in [5, 5.41) is 30.2. The van der Waals surface area contributed by atoms with Crippen LogP contribution in [0.25, 0.3) is 11.6 Å². The molecule has 0 saturated carbocycles. The number of rotatable bonds is 10. The van der Waals surface area contributed by atoms with Gasteiger partial charge in [0, 0.05) is 46.8 Å². The first-order chi connectivity index (χ1) is 24.6. The minimum Gasteiger partial charge on any atom is -0.380 e. The number of aliphatic hydroxyl groups is 2. The number of H-pyrrole nitrogens is 2. The number of hydrogen-bond donors (Lipinski definition) is 4. The molecule has 0 saturated heterocycles. The zero-order valence-corrected chi connectivity index (χ0v) is 29.9. The summed E-state index contributed by atoms with van der Waals surface area (Å²) in [6.07, 6.45) is 9.38. The van der Waals surface area contributed by atoms with Gasteiger partial charge >= 0.3 is 0 Å². The molecule has 12 nitrogen and oxygen atoms in total. The van der Waals surface area contributed by atoms with E-state index >= 15 is 0 Å². The Kier molecular flexibility index (Phi) is 11.1. The topological polar surface area (TPSA) is 168 Å². The van der Waals surface area contributed by atoms with E-state index in [-0.39, 0.29) is 22.2 Å². The van der Waals surface area contributed by atoms with Crippen LogP contribution >= 0.6 is 0 Å². The van der Waals surface area contributed by atoms with Crippen LogP contribution in [0.5, 0.6) is 0 Å². The molecule has 0 spiro atoms. The van der Waals surface area contributed by atoms with Crippen LogP contribution in [0.1, 0.15) is 85.6 Å². The van der Waals surface area contributed by atoms with Gasteiger partial charge in [0.2, 0.25) is 0 Å². The molecule has 0 amide bonds. The van der Waals surface area contributed by atoms with Crippen molar-refractivity contribution in [2.75, 3.05) is 0 Å². The van der Waals surface area contributed by atoms with Crippen molar-refractivity contribution >= 4 is 0 Å². The lowest BCUT2D eigenvalue weighted by Gasteiger charge is -2.23. The molecule has 272 valence electrons. The molecule has 4 aromatic heterocycles. The Balaban J connectivity index is 0.000000201. The summed E-state index contributed by atoms with van der Waals surface area (Å²) in [5.74, 6) is 0.638. The summed E-state index contributed by atoms with van der Waals surface area (Å²) in [6, 6.07) is 12.4. The molecule has 4 heterocycles. The SMILES string of the molecule is CCCc1ccc([C@@](C)(O)c2cnn(-c3cc(=O)[nH]c(C)n3)c2)c(F)c1.CCCc1ccc([C@](C)(O)c2cnn(-c3cc(=O)[nH]c(C)n3)c2)c(F)c1. The normalized spacial score (nSPS) is 13.6. The van der Waals surface area contributed by atoms with E-state index in [1.165, 1.54) is 59.9 Å². The van der Waals surface area contributed by atoms with Crippen molar-refractivity contribution in [2.24, 2.45) is 0 Å². The van der Waals surface area contributed by atoms with E-state index in [0.717, 1.165) is 36.8 Å². The minimum atomic E-state index is -1.57. The van der Waals surface area contributed by atoms with Gasteiger partial charge in [0.1, 0.15) is 34.5 Å². The third kappa shape index (κ3) is 8.30. The number of aromatic nitrogens is 8. The first-order valence-electron chi connectivity index (χ1n) is 16.9. The molecule has 0 radical (unpaired) electrons. The molecule has 6 rings (SSSR count). The number of aromatic amines is 2. The van der Waals surface area contributed by atoms with Crippen LogP contribution in [-0.4, -0.2) is 49.7 Å². The lowest BCUT2D eigenvalue weighted by Crippen LogP contribution is -2.24. The maximum Gasteiger partial charge on any atom is 0.253 e. The standard InChI is InChI=1S/2C19H21FN4O2/c2*1-4-5-13-6-7-15(16(20)8-13)19(3,26)14-10-21-24(11-14)17-9-18(25)23-12(2)22-17/h2*6-11,26H,4-5H2,1-3H3,(H,22,23,25)/t2*19-/m10/s1. The molecule has 4 N–H and O–H groups in total. The van der Waals surface area contributed by atoms with Crippen LogP contribution in [0.3, 0.4) is 0 Å². The van der Waals surface area contributed by atoms with Crippen LogP contribution in [0.4, 0.5) is 8.78 Å². The molecule has 52 heavy (non-hydrogen) atoms. The van der Waals surface area contributed by atoms with Gasteiger partial charge in [-0.3, -0.25) is 9.59 Å². The molecule has 6 aromatic rings. The Morgan fingerprint density at radius 3 is 1.38 bits per heavy atom. The molecule has 2 atom stereocenters. The first kappa shape index (κ1) is 37.7. The second kappa shape index (κ2) is 15.3. The smallest absolute Gasteiger partial charge is 0.253 e. The monoisotopic (exact) mass is 712 g/mol. The highest BCUT2D eigenvalue weighted by Gasteiger charge is 2.32. The number of nitrogens with zero attached hydrogens (tertiary/aromatic N) is 6. The molecule has 0 bridgehead atoms.